The van der Waals surface area contributed by atoms with E-state index in [-0.39, 0.29) is 11.9 Å². The van der Waals surface area contributed by atoms with Crippen molar-refractivity contribution < 1.29 is 14.3 Å². The molecule has 2 rings (SSSR count). The lowest BCUT2D eigenvalue weighted by Gasteiger charge is -2.17. The Bertz CT molecular complexity index is 561. The van der Waals surface area contributed by atoms with Crippen molar-refractivity contribution in [3.63, 3.8) is 0 Å². The fraction of sp³-hybridized carbons (Fsp3) is 0.619. The molecule has 1 amide bonds. The van der Waals surface area contributed by atoms with Gasteiger partial charge in [-0.3, -0.25) is 4.79 Å². The number of nitrogens with one attached hydrogen (secondary N) is 1. The maximum atomic E-state index is 12.1. The number of benzene rings is 1. The molecule has 0 atom stereocenters. The molecule has 5 heteroatoms. The highest BCUT2D eigenvalue weighted by Crippen LogP contribution is 2.28. The quantitative estimate of drug-likeness (QED) is 0.638. The first-order chi connectivity index (χ1) is 12.6. The summed E-state index contributed by atoms with van der Waals surface area (Å²) in [6, 6.07) is 6.92. The smallest absolute Gasteiger partial charge is 0.338 e. The maximum Gasteiger partial charge on any atom is 0.338 e. The van der Waals surface area contributed by atoms with Gasteiger partial charge in [0.2, 0.25) is 5.91 Å². The molecule has 1 N–H and O–H groups in total. The van der Waals surface area contributed by atoms with E-state index in [9.17, 15) is 9.59 Å². The van der Waals surface area contributed by atoms with Crippen molar-refractivity contribution in [2.45, 2.75) is 52.4 Å². The Morgan fingerprint density at radius 2 is 1.77 bits per heavy atom. The fourth-order valence-electron chi connectivity index (χ4n) is 3.44. The lowest BCUT2D eigenvalue weighted by molar-refractivity contribution is -0.116. The van der Waals surface area contributed by atoms with E-state index in [4.69, 9.17) is 4.74 Å². The van der Waals surface area contributed by atoms with Gasteiger partial charge >= 0.3 is 5.97 Å². The molecule has 144 valence electrons. The number of carbonyl (C=O) groups is 2. The lowest BCUT2D eigenvalue weighted by atomic mass is 10.0. The molecule has 1 aliphatic rings. The van der Waals surface area contributed by atoms with Crippen molar-refractivity contribution in [1.82, 2.24) is 4.90 Å². The van der Waals surface area contributed by atoms with Crippen molar-refractivity contribution >= 4 is 17.6 Å². The van der Waals surface area contributed by atoms with Crippen LogP contribution in [-0.2, 0) is 9.53 Å². The van der Waals surface area contributed by atoms with E-state index in [0.717, 1.165) is 31.7 Å². The first-order valence-electron chi connectivity index (χ1n) is 9.91. The van der Waals surface area contributed by atoms with E-state index in [1.807, 2.05) is 0 Å². The Balaban J connectivity index is 1.72. The molecule has 0 radical (unpaired) electrons. The van der Waals surface area contributed by atoms with E-state index in [0.29, 0.717) is 24.5 Å². The van der Waals surface area contributed by atoms with Gasteiger partial charge in [-0.2, -0.15) is 0 Å². The Morgan fingerprint density at radius 3 is 2.38 bits per heavy atom. The third-order valence-corrected chi connectivity index (χ3v) is 5.19. The van der Waals surface area contributed by atoms with Crippen LogP contribution in [0.3, 0.4) is 0 Å². The van der Waals surface area contributed by atoms with Crippen LogP contribution in [0, 0.1) is 5.92 Å². The van der Waals surface area contributed by atoms with Crippen LogP contribution in [0.25, 0.3) is 0 Å². The number of hydrogen-bond donors (Lipinski definition) is 1. The molecular weight excluding hydrogens is 328 g/mol. The maximum absolute atomic E-state index is 12.1. The molecule has 0 spiro atoms. The highest BCUT2D eigenvalue weighted by molar-refractivity contribution is 5.93. The number of carbonyl (C=O) groups excluding carboxylic acids is 2. The zero-order chi connectivity index (χ0) is 18.8. The molecule has 1 fully saturated rings. The highest BCUT2D eigenvalue weighted by atomic mass is 16.5. The van der Waals surface area contributed by atoms with E-state index < -0.39 is 0 Å². The number of esters is 1. The van der Waals surface area contributed by atoms with Crippen LogP contribution in [-0.4, -0.2) is 43.0 Å². The van der Waals surface area contributed by atoms with Gasteiger partial charge in [-0.15, -0.1) is 0 Å². The summed E-state index contributed by atoms with van der Waals surface area (Å²) in [5.41, 5.74) is 1.23. The van der Waals surface area contributed by atoms with Gasteiger partial charge in [0.15, 0.2) is 0 Å². The molecule has 26 heavy (non-hydrogen) atoms. The largest absolute Gasteiger partial charge is 0.461 e. The molecule has 0 aromatic heterocycles. The predicted octanol–water partition coefficient (Wildman–Crippen LogP) is 4.09. The Hall–Kier alpha value is -1.88. The lowest BCUT2D eigenvalue weighted by Crippen LogP contribution is -2.27. The molecule has 1 aliphatic carbocycles. The molecule has 1 aromatic rings. The van der Waals surface area contributed by atoms with Gasteiger partial charge in [-0.05, 0) is 49.7 Å². The van der Waals surface area contributed by atoms with E-state index in [2.05, 4.69) is 24.1 Å². The van der Waals surface area contributed by atoms with E-state index >= 15 is 0 Å². The monoisotopic (exact) mass is 360 g/mol. The second-order valence-electron chi connectivity index (χ2n) is 6.98. The SMILES string of the molecule is CCN(CC)CCOC(=O)c1ccc(NC(=O)CCC2CCCC2)cc1. The second kappa shape index (κ2) is 11.0. The van der Waals surface area contributed by atoms with Gasteiger partial charge in [0.25, 0.3) is 0 Å². The average Bonchev–Trinajstić information content (AvgIpc) is 3.18. The molecule has 1 aromatic carbocycles. The zero-order valence-corrected chi connectivity index (χ0v) is 16.1. The molecule has 0 heterocycles. The van der Waals surface area contributed by atoms with Crippen molar-refractivity contribution in [2.75, 3.05) is 31.6 Å². The molecule has 0 unspecified atom stereocenters. The predicted molar refractivity (Wildman–Crippen MR) is 104 cm³/mol. The fourth-order valence-corrected chi connectivity index (χ4v) is 3.44. The second-order valence-corrected chi connectivity index (χ2v) is 6.98. The summed E-state index contributed by atoms with van der Waals surface area (Å²) in [6.45, 7) is 7.21. The van der Waals surface area contributed by atoms with Gasteiger partial charge in [-0.1, -0.05) is 39.5 Å². The van der Waals surface area contributed by atoms with Gasteiger partial charge in [-0.25, -0.2) is 4.79 Å². The standard InChI is InChI=1S/C21H32N2O3/c1-3-23(4-2)15-16-26-21(25)18-10-12-19(13-11-18)22-20(24)14-9-17-7-5-6-8-17/h10-13,17H,3-9,14-16H2,1-2H3,(H,22,24). The van der Waals surface area contributed by atoms with E-state index in [1.165, 1.54) is 25.7 Å². The Kier molecular flexibility index (Phi) is 8.62. The first-order valence-corrected chi connectivity index (χ1v) is 9.91. The van der Waals surface area contributed by atoms with Gasteiger partial charge in [0.05, 0.1) is 5.56 Å². The van der Waals surface area contributed by atoms with Gasteiger partial charge in [0.1, 0.15) is 6.61 Å². The number of ether oxygens (including phenoxy) is 1. The number of amides is 1. The third-order valence-electron chi connectivity index (χ3n) is 5.19. The number of hydrogen-bond acceptors (Lipinski definition) is 4. The third kappa shape index (κ3) is 6.79. The minimum absolute atomic E-state index is 0.0476. The van der Waals surface area contributed by atoms with Crippen LogP contribution in [0.1, 0.15) is 62.7 Å². The minimum Gasteiger partial charge on any atom is -0.461 e. The number of likely N-dealkylation sites (N-methyl/N-ethyl adjacent to an activating group) is 1. The van der Waals surface area contributed by atoms with Crippen molar-refractivity contribution in [3.8, 4) is 0 Å². The zero-order valence-electron chi connectivity index (χ0n) is 16.1. The normalized spacial score (nSPS) is 14.6. The van der Waals surface area contributed by atoms with Crippen molar-refractivity contribution in [1.29, 1.82) is 0 Å². The van der Waals surface area contributed by atoms with Crippen molar-refractivity contribution in [2.24, 2.45) is 5.92 Å². The number of rotatable bonds is 10. The number of nitrogens with zero attached hydrogens (tertiary/aromatic N) is 1. The van der Waals surface area contributed by atoms with Gasteiger partial charge < -0.3 is 15.0 Å². The van der Waals surface area contributed by atoms with Crippen molar-refractivity contribution in [3.05, 3.63) is 29.8 Å². The van der Waals surface area contributed by atoms with Crippen LogP contribution in [0.2, 0.25) is 0 Å². The summed E-state index contributed by atoms with van der Waals surface area (Å²) >= 11 is 0. The van der Waals surface area contributed by atoms with E-state index in [1.54, 1.807) is 24.3 Å². The van der Waals surface area contributed by atoms with Crippen LogP contribution in [0.15, 0.2) is 24.3 Å². The average molecular weight is 360 g/mol. The summed E-state index contributed by atoms with van der Waals surface area (Å²) in [5.74, 6) is 0.442. The van der Waals surface area contributed by atoms with Crippen LogP contribution in [0.4, 0.5) is 5.69 Å². The Morgan fingerprint density at radius 1 is 1.12 bits per heavy atom. The molecule has 5 nitrogen and oxygen atoms in total. The van der Waals surface area contributed by atoms with Crippen LogP contribution < -0.4 is 5.32 Å². The van der Waals surface area contributed by atoms with Crippen LogP contribution >= 0.6 is 0 Å². The molecule has 0 bridgehead atoms. The summed E-state index contributed by atoms with van der Waals surface area (Å²) in [7, 11) is 0. The highest BCUT2D eigenvalue weighted by Gasteiger charge is 2.16. The molecule has 0 saturated heterocycles. The molecular formula is C21H32N2O3. The summed E-state index contributed by atoms with van der Waals surface area (Å²) in [5, 5.41) is 2.91. The Labute approximate surface area is 157 Å². The number of anilines is 1. The topological polar surface area (TPSA) is 58.6 Å². The van der Waals surface area contributed by atoms with Gasteiger partial charge in [0, 0.05) is 18.7 Å². The minimum atomic E-state index is -0.323. The molecule has 1 saturated carbocycles. The van der Waals surface area contributed by atoms with Crippen LogP contribution in [0.5, 0.6) is 0 Å². The molecule has 0 aliphatic heterocycles. The summed E-state index contributed by atoms with van der Waals surface area (Å²) in [4.78, 5) is 26.3. The summed E-state index contributed by atoms with van der Waals surface area (Å²) in [6.07, 6.45) is 6.68. The first kappa shape index (κ1) is 20.4. The summed E-state index contributed by atoms with van der Waals surface area (Å²) < 4.78 is 5.31.